The van der Waals surface area contributed by atoms with Crippen LogP contribution in [-0.2, 0) is 10.3 Å². The highest BCUT2D eigenvalue weighted by atomic mass is 35.5. The number of nitrogens with zero attached hydrogens (tertiary/aromatic N) is 4. The lowest BCUT2D eigenvalue weighted by atomic mass is 9.84. The van der Waals surface area contributed by atoms with E-state index in [0.29, 0.717) is 11.6 Å². The monoisotopic (exact) mass is 600 g/mol. The van der Waals surface area contributed by atoms with Crippen LogP contribution in [0.5, 0.6) is 17.2 Å². The molecule has 1 saturated heterocycles. The molecule has 5 rings (SSSR count). The molecule has 2 aliphatic heterocycles. The van der Waals surface area contributed by atoms with E-state index in [1.165, 1.54) is 0 Å². The Kier molecular flexibility index (Phi) is 10.2. The first kappa shape index (κ1) is 30.8. The van der Waals surface area contributed by atoms with Crippen LogP contribution in [0.15, 0.2) is 82.8 Å². The molecule has 0 radical (unpaired) electrons. The molecule has 8 heteroatoms. The minimum Gasteiger partial charge on any atom is -0.494 e. The summed E-state index contributed by atoms with van der Waals surface area (Å²) in [6, 6.07) is 23.6. The minimum absolute atomic E-state index is 0.126. The number of piperidine rings is 1. The van der Waals surface area contributed by atoms with Crippen LogP contribution in [0.4, 0.5) is 0 Å². The van der Waals surface area contributed by atoms with Crippen molar-refractivity contribution in [3.8, 4) is 17.2 Å². The number of amidine groups is 1. The van der Waals surface area contributed by atoms with E-state index < -0.39 is 5.54 Å². The van der Waals surface area contributed by atoms with Gasteiger partial charge in [0.2, 0.25) is 5.91 Å². The zero-order valence-corrected chi connectivity index (χ0v) is 26.1. The van der Waals surface area contributed by atoms with E-state index in [0.717, 1.165) is 86.2 Å². The second-order valence-corrected chi connectivity index (χ2v) is 11.5. The largest absolute Gasteiger partial charge is 0.494 e. The molecule has 7 nitrogen and oxygen atoms in total. The number of amides is 1. The molecular weight excluding hydrogens is 560 g/mol. The molecule has 0 aliphatic carbocycles. The number of hydrogen-bond acceptors (Lipinski definition) is 6. The van der Waals surface area contributed by atoms with Crippen LogP contribution in [0.2, 0.25) is 5.02 Å². The number of benzene rings is 3. The van der Waals surface area contributed by atoms with E-state index in [-0.39, 0.29) is 11.8 Å². The smallest absolute Gasteiger partial charge is 0.219 e. The third-order valence-electron chi connectivity index (χ3n) is 8.40. The Labute approximate surface area is 260 Å². The van der Waals surface area contributed by atoms with Gasteiger partial charge in [-0.25, -0.2) is 9.98 Å². The van der Waals surface area contributed by atoms with E-state index in [1.807, 2.05) is 59.6 Å². The fourth-order valence-electron chi connectivity index (χ4n) is 5.73. The second-order valence-electron chi connectivity index (χ2n) is 11.1. The van der Waals surface area contributed by atoms with E-state index >= 15 is 0 Å². The van der Waals surface area contributed by atoms with Gasteiger partial charge in [0.05, 0.1) is 6.61 Å². The molecule has 226 valence electrons. The van der Waals surface area contributed by atoms with Crippen LogP contribution in [-0.4, -0.2) is 67.1 Å². The average Bonchev–Trinajstić information content (AvgIpc) is 3.50. The van der Waals surface area contributed by atoms with Gasteiger partial charge >= 0.3 is 0 Å². The molecule has 1 fully saturated rings. The van der Waals surface area contributed by atoms with E-state index in [2.05, 4.69) is 43.0 Å². The summed E-state index contributed by atoms with van der Waals surface area (Å²) in [5.41, 5.74) is 1.27. The highest BCUT2D eigenvalue weighted by Gasteiger charge is 2.38. The highest BCUT2D eigenvalue weighted by Crippen LogP contribution is 2.39. The molecule has 0 bridgehead atoms. The molecule has 1 atom stereocenters. The van der Waals surface area contributed by atoms with Gasteiger partial charge in [0.1, 0.15) is 28.6 Å². The van der Waals surface area contributed by atoms with Crippen molar-refractivity contribution in [3.63, 3.8) is 0 Å². The van der Waals surface area contributed by atoms with Gasteiger partial charge in [-0.3, -0.25) is 4.79 Å². The van der Waals surface area contributed by atoms with Gasteiger partial charge in [0.25, 0.3) is 0 Å². The van der Waals surface area contributed by atoms with Crippen molar-refractivity contribution in [2.45, 2.75) is 45.6 Å². The summed E-state index contributed by atoms with van der Waals surface area (Å²) < 4.78 is 12.1. The predicted octanol–water partition coefficient (Wildman–Crippen LogP) is 7.23. The maximum atomic E-state index is 11.9. The van der Waals surface area contributed by atoms with Crippen LogP contribution in [0.3, 0.4) is 0 Å². The highest BCUT2D eigenvalue weighted by molar-refractivity contribution is 6.30. The van der Waals surface area contributed by atoms with Crippen LogP contribution in [0.25, 0.3) is 0 Å². The Morgan fingerprint density at radius 3 is 2.02 bits per heavy atom. The van der Waals surface area contributed by atoms with Gasteiger partial charge in [0, 0.05) is 43.7 Å². The molecule has 1 amide bonds. The molecule has 2 heterocycles. The number of halogens is 1. The zero-order chi connectivity index (χ0) is 30.2. The van der Waals surface area contributed by atoms with Gasteiger partial charge in [-0.05, 0) is 92.0 Å². The number of carbonyl (C=O) groups excluding carboxylic acids is 1. The normalized spacial score (nSPS) is 18.6. The summed E-state index contributed by atoms with van der Waals surface area (Å²) in [5, 5.41) is 0.668. The summed E-state index contributed by atoms with van der Waals surface area (Å²) in [6.45, 7) is 11.3. The predicted molar refractivity (Wildman–Crippen MR) is 174 cm³/mol. The lowest BCUT2D eigenvalue weighted by Gasteiger charge is -2.31. The first-order valence-electron chi connectivity index (χ1n) is 15.3. The quantitative estimate of drug-likeness (QED) is 0.206. The third-order valence-corrected chi connectivity index (χ3v) is 8.65. The van der Waals surface area contributed by atoms with Crippen molar-refractivity contribution < 1.29 is 14.3 Å². The summed E-state index contributed by atoms with van der Waals surface area (Å²) in [4.78, 5) is 26.4. The van der Waals surface area contributed by atoms with Crippen LogP contribution < -0.4 is 9.47 Å². The fourth-order valence-corrected chi connectivity index (χ4v) is 5.86. The lowest BCUT2D eigenvalue weighted by Crippen LogP contribution is -2.38. The van der Waals surface area contributed by atoms with E-state index in [9.17, 15) is 4.79 Å². The topological polar surface area (TPSA) is 66.7 Å². The number of likely N-dealkylation sites (tertiary alicyclic amines) is 1. The number of rotatable bonds is 12. The number of aliphatic imine (C=N–C) groups is 2. The van der Waals surface area contributed by atoms with Crippen molar-refractivity contribution >= 4 is 29.6 Å². The van der Waals surface area contributed by atoms with E-state index in [4.69, 9.17) is 31.1 Å². The average molecular weight is 601 g/mol. The van der Waals surface area contributed by atoms with Crippen LogP contribution >= 0.6 is 11.6 Å². The molecule has 0 aromatic heterocycles. The number of carbonyl (C=O) groups is 1. The van der Waals surface area contributed by atoms with Gasteiger partial charge in [-0.2, -0.15) is 0 Å². The molecule has 2 aliphatic rings. The van der Waals surface area contributed by atoms with Gasteiger partial charge in [-0.1, -0.05) is 49.7 Å². The van der Waals surface area contributed by atoms with Crippen molar-refractivity contribution in [2.24, 2.45) is 15.9 Å². The van der Waals surface area contributed by atoms with Gasteiger partial charge in [-0.15, -0.1) is 0 Å². The first-order valence-corrected chi connectivity index (χ1v) is 15.7. The fraction of sp³-hybridized carbons (Fsp3) is 0.400. The molecule has 43 heavy (non-hydrogen) atoms. The second kappa shape index (κ2) is 14.2. The molecule has 1 unspecified atom stereocenters. The Morgan fingerprint density at radius 2 is 1.47 bits per heavy atom. The lowest BCUT2D eigenvalue weighted by molar-refractivity contribution is -0.129. The summed E-state index contributed by atoms with van der Waals surface area (Å²) in [6.07, 6.45) is 4.68. The van der Waals surface area contributed by atoms with Crippen LogP contribution in [0, 0.1) is 5.92 Å². The van der Waals surface area contributed by atoms with Crippen molar-refractivity contribution in [1.82, 2.24) is 9.80 Å². The first-order chi connectivity index (χ1) is 20.9. The number of ether oxygens (including phenoxy) is 2. The molecule has 3 aromatic carbocycles. The number of hydrogen-bond donors (Lipinski definition) is 0. The minimum atomic E-state index is -0.757. The van der Waals surface area contributed by atoms with Crippen molar-refractivity contribution in [2.75, 3.05) is 39.3 Å². The SMILES string of the molecule is CCN(CC)CCCOc1ccc(C2(c3ccc(Oc4ccc(Cl)cc4)cc3)C=NC(C3CCN(C(C)=O)CC3)=N2)cc1. The summed E-state index contributed by atoms with van der Waals surface area (Å²) in [5.74, 6) is 3.49. The Hall–Kier alpha value is -3.68. The van der Waals surface area contributed by atoms with Gasteiger partial charge in [0.15, 0.2) is 0 Å². The summed E-state index contributed by atoms with van der Waals surface area (Å²) >= 11 is 6.03. The molecule has 0 spiro atoms. The van der Waals surface area contributed by atoms with Gasteiger partial charge < -0.3 is 19.3 Å². The Bertz CT molecular complexity index is 1410. The maximum absolute atomic E-state index is 11.9. The van der Waals surface area contributed by atoms with E-state index in [1.54, 1.807) is 6.92 Å². The molecule has 0 saturated carbocycles. The zero-order valence-electron chi connectivity index (χ0n) is 25.3. The standard InChI is InChI=1S/C35H41ClN4O3/c1-4-39(5-2)21-6-24-42-31-13-7-28(8-14-31)35(25-37-34(38-35)27-19-22-40(23-20-27)26(3)41)29-9-15-32(16-10-29)43-33-17-11-30(36)12-18-33/h7-18,25,27H,4-6,19-24H2,1-3H3. The Morgan fingerprint density at radius 1 is 0.907 bits per heavy atom. The Balaban J connectivity index is 1.36. The molecule has 0 N–H and O–H groups in total. The maximum Gasteiger partial charge on any atom is 0.219 e. The van der Waals surface area contributed by atoms with Crippen molar-refractivity contribution in [3.05, 3.63) is 88.9 Å². The summed E-state index contributed by atoms with van der Waals surface area (Å²) in [7, 11) is 0. The molecule has 3 aromatic rings. The van der Waals surface area contributed by atoms with Crippen LogP contribution in [0.1, 0.15) is 51.2 Å². The van der Waals surface area contributed by atoms with Crippen molar-refractivity contribution in [1.29, 1.82) is 0 Å². The third kappa shape index (κ3) is 7.46. The molecular formula is C35H41ClN4O3.